The van der Waals surface area contributed by atoms with Crippen LogP contribution in [0.15, 0.2) is 24.3 Å². The van der Waals surface area contributed by atoms with Gasteiger partial charge in [0.05, 0.1) is 0 Å². The second-order valence-electron chi connectivity index (χ2n) is 3.51. The molecule has 1 saturated carbocycles. The molecular weight excluding hydrogens is 217 g/mol. The van der Waals surface area contributed by atoms with Crippen molar-refractivity contribution in [2.75, 3.05) is 13.2 Å². The first-order valence-corrected chi connectivity index (χ1v) is 4.97. The van der Waals surface area contributed by atoms with E-state index in [0.29, 0.717) is 18.4 Å². The molecule has 1 fully saturated rings. The van der Waals surface area contributed by atoms with E-state index < -0.39 is 0 Å². The van der Waals surface area contributed by atoms with Crippen LogP contribution < -0.4 is 10.1 Å². The molecule has 0 spiro atoms. The first kappa shape index (κ1) is 12.3. The Kier molecular flexibility index (Phi) is 4.85. The zero-order chi connectivity index (χ0) is 9.80. The van der Waals surface area contributed by atoms with Gasteiger partial charge in [0.1, 0.15) is 6.61 Å². The average Bonchev–Trinajstić information content (AvgIpc) is 2.99. The lowest BCUT2D eigenvalue weighted by atomic mass is 10.3. The van der Waals surface area contributed by atoms with Crippen LogP contribution >= 0.6 is 12.4 Å². The van der Waals surface area contributed by atoms with Crippen molar-refractivity contribution in [1.29, 1.82) is 0 Å². The van der Waals surface area contributed by atoms with Gasteiger partial charge in [0.2, 0.25) is 0 Å². The van der Waals surface area contributed by atoms with Crippen molar-refractivity contribution in [2.45, 2.75) is 18.9 Å². The minimum Gasteiger partial charge on any atom is -0.489 e. The van der Waals surface area contributed by atoms with Crippen LogP contribution in [0.1, 0.15) is 12.8 Å². The van der Waals surface area contributed by atoms with Gasteiger partial charge in [-0.25, -0.2) is 4.39 Å². The van der Waals surface area contributed by atoms with Gasteiger partial charge in [-0.05, 0) is 25.0 Å². The smallest absolute Gasteiger partial charge is 0.165 e. The number of hydrogen-bond acceptors (Lipinski definition) is 2. The van der Waals surface area contributed by atoms with Crippen LogP contribution in [-0.4, -0.2) is 19.2 Å². The van der Waals surface area contributed by atoms with E-state index in [1.807, 2.05) is 0 Å². The minimum absolute atomic E-state index is 0. The molecule has 1 aromatic rings. The highest BCUT2D eigenvalue weighted by molar-refractivity contribution is 5.85. The molecule has 84 valence electrons. The highest BCUT2D eigenvalue weighted by atomic mass is 35.5. The molecule has 0 aliphatic heterocycles. The monoisotopic (exact) mass is 231 g/mol. The average molecular weight is 232 g/mol. The topological polar surface area (TPSA) is 21.3 Å². The molecule has 15 heavy (non-hydrogen) atoms. The van der Waals surface area contributed by atoms with Gasteiger partial charge in [-0.1, -0.05) is 12.1 Å². The standard InChI is InChI=1S/C11H14FNO.ClH/c12-10-3-1-2-4-11(10)14-8-7-13-9-5-6-9;/h1-4,9,13H,5-8H2;1H. The van der Waals surface area contributed by atoms with E-state index in [9.17, 15) is 4.39 Å². The summed E-state index contributed by atoms with van der Waals surface area (Å²) < 4.78 is 18.3. The Balaban J connectivity index is 0.00000112. The number of para-hydroxylation sites is 1. The summed E-state index contributed by atoms with van der Waals surface area (Å²) in [6.07, 6.45) is 2.53. The zero-order valence-corrected chi connectivity index (χ0v) is 9.23. The van der Waals surface area contributed by atoms with Gasteiger partial charge in [0.15, 0.2) is 11.6 Å². The Morgan fingerprint density at radius 1 is 1.33 bits per heavy atom. The van der Waals surface area contributed by atoms with Gasteiger partial charge in [0.25, 0.3) is 0 Å². The van der Waals surface area contributed by atoms with Crippen molar-refractivity contribution in [3.8, 4) is 5.75 Å². The quantitative estimate of drug-likeness (QED) is 0.786. The maximum atomic E-state index is 13.0. The molecule has 0 radical (unpaired) electrons. The van der Waals surface area contributed by atoms with E-state index in [1.54, 1.807) is 18.2 Å². The van der Waals surface area contributed by atoms with Crippen LogP contribution in [0.2, 0.25) is 0 Å². The summed E-state index contributed by atoms with van der Waals surface area (Å²) in [4.78, 5) is 0. The van der Waals surface area contributed by atoms with Crippen LogP contribution in [0, 0.1) is 5.82 Å². The van der Waals surface area contributed by atoms with Gasteiger partial charge >= 0.3 is 0 Å². The third-order valence-electron chi connectivity index (χ3n) is 2.21. The second-order valence-corrected chi connectivity index (χ2v) is 3.51. The Hall–Kier alpha value is -0.800. The molecule has 0 bridgehead atoms. The fourth-order valence-corrected chi connectivity index (χ4v) is 1.27. The highest BCUT2D eigenvalue weighted by Crippen LogP contribution is 2.18. The molecular formula is C11H15ClFNO. The predicted molar refractivity (Wildman–Crippen MR) is 60.2 cm³/mol. The maximum Gasteiger partial charge on any atom is 0.165 e. The second kappa shape index (κ2) is 5.93. The van der Waals surface area contributed by atoms with Crippen LogP contribution in [0.25, 0.3) is 0 Å². The Morgan fingerprint density at radius 2 is 2.07 bits per heavy atom. The van der Waals surface area contributed by atoms with Crippen molar-refractivity contribution in [3.05, 3.63) is 30.1 Å². The third kappa shape index (κ3) is 4.06. The molecule has 4 heteroatoms. The molecule has 1 N–H and O–H groups in total. The Morgan fingerprint density at radius 3 is 2.73 bits per heavy atom. The fourth-order valence-electron chi connectivity index (χ4n) is 1.27. The van der Waals surface area contributed by atoms with Crippen molar-refractivity contribution < 1.29 is 9.13 Å². The van der Waals surface area contributed by atoms with Crippen molar-refractivity contribution in [2.24, 2.45) is 0 Å². The summed E-state index contributed by atoms with van der Waals surface area (Å²) in [5.74, 6) is 0.0454. The third-order valence-corrected chi connectivity index (χ3v) is 2.21. The normalized spacial score (nSPS) is 14.5. The molecule has 0 atom stereocenters. The minimum atomic E-state index is -0.293. The number of rotatable bonds is 5. The molecule has 0 aromatic heterocycles. The molecule has 0 heterocycles. The molecule has 1 aliphatic rings. The van der Waals surface area contributed by atoms with E-state index in [1.165, 1.54) is 18.9 Å². The number of ether oxygens (including phenoxy) is 1. The summed E-state index contributed by atoms with van der Waals surface area (Å²) in [5, 5.41) is 3.30. The highest BCUT2D eigenvalue weighted by Gasteiger charge is 2.19. The lowest BCUT2D eigenvalue weighted by Gasteiger charge is -2.07. The fraction of sp³-hybridized carbons (Fsp3) is 0.455. The van der Waals surface area contributed by atoms with Crippen LogP contribution in [0.4, 0.5) is 4.39 Å². The zero-order valence-electron chi connectivity index (χ0n) is 8.41. The summed E-state index contributed by atoms with van der Waals surface area (Å²) >= 11 is 0. The van der Waals surface area contributed by atoms with E-state index in [-0.39, 0.29) is 18.2 Å². The number of nitrogens with one attached hydrogen (secondary N) is 1. The van der Waals surface area contributed by atoms with E-state index >= 15 is 0 Å². The largest absolute Gasteiger partial charge is 0.489 e. The van der Waals surface area contributed by atoms with E-state index in [2.05, 4.69) is 5.32 Å². The van der Waals surface area contributed by atoms with E-state index in [4.69, 9.17) is 4.74 Å². The number of benzene rings is 1. The first-order valence-electron chi connectivity index (χ1n) is 4.97. The van der Waals surface area contributed by atoms with Crippen molar-refractivity contribution in [3.63, 3.8) is 0 Å². The molecule has 2 nitrogen and oxygen atoms in total. The van der Waals surface area contributed by atoms with Gasteiger partial charge in [-0.2, -0.15) is 0 Å². The molecule has 1 aromatic carbocycles. The van der Waals surface area contributed by atoms with Crippen LogP contribution in [0.3, 0.4) is 0 Å². The maximum absolute atomic E-state index is 13.0. The van der Waals surface area contributed by atoms with Gasteiger partial charge in [-0.3, -0.25) is 0 Å². The summed E-state index contributed by atoms with van der Waals surface area (Å²) in [7, 11) is 0. The van der Waals surface area contributed by atoms with Gasteiger partial charge in [0, 0.05) is 12.6 Å². The van der Waals surface area contributed by atoms with Gasteiger partial charge < -0.3 is 10.1 Å². The number of hydrogen-bond donors (Lipinski definition) is 1. The molecule has 0 amide bonds. The van der Waals surface area contributed by atoms with Crippen molar-refractivity contribution >= 4 is 12.4 Å². The molecule has 2 rings (SSSR count). The van der Waals surface area contributed by atoms with Gasteiger partial charge in [-0.15, -0.1) is 12.4 Å². The lowest BCUT2D eigenvalue weighted by Crippen LogP contribution is -2.23. The Labute approximate surface area is 95.2 Å². The first-order chi connectivity index (χ1) is 6.86. The molecule has 0 saturated heterocycles. The van der Waals surface area contributed by atoms with Crippen LogP contribution in [-0.2, 0) is 0 Å². The summed E-state index contributed by atoms with van der Waals surface area (Å²) in [6.45, 7) is 1.32. The summed E-state index contributed by atoms with van der Waals surface area (Å²) in [6, 6.07) is 7.16. The number of halogens is 2. The molecule has 0 unspecified atom stereocenters. The molecule has 1 aliphatic carbocycles. The lowest BCUT2D eigenvalue weighted by molar-refractivity contribution is 0.298. The SMILES string of the molecule is Cl.Fc1ccccc1OCCNC1CC1. The van der Waals surface area contributed by atoms with E-state index in [0.717, 1.165) is 6.54 Å². The summed E-state index contributed by atoms with van der Waals surface area (Å²) in [5.41, 5.74) is 0. The van der Waals surface area contributed by atoms with Crippen molar-refractivity contribution in [1.82, 2.24) is 5.32 Å². The Bertz CT molecular complexity index is 304. The predicted octanol–water partition coefficient (Wildman–Crippen LogP) is 2.38. The van der Waals surface area contributed by atoms with Crippen LogP contribution in [0.5, 0.6) is 5.75 Å².